The lowest BCUT2D eigenvalue weighted by Crippen LogP contribution is -2.23. The van der Waals surface area contributed by atoms with E-state index in [1.165, 1.54) is 24.9 Å². The van der Waals surface area contributed by atoms with Gasteiger partial charge in [-0.2, -0.15) is 18.7 Å². The Morgan fingerprint density at radius 2 is 1.84 bits per heavy atom. The number of benzene rings is 1. The van der Waals surface area contributed by atoms with Crippen LogP contribution < -0.4 is 15.2 Å². The maximum Gasteiger partial charge on any atom is 0.368 e. The SMILES string of the molecule is COc1nc(F)ccc1-c1cccc(OCc2c(C)cccc2-n2nnn(C)c2=O)n1. The summed E-state index contributed by atoms with van der Waals surface area (Å²) < 4.78 is 26.9. The third-order valence-corrected chi connectivity index (χ3v) is 4.72. The molecule has 3 heterocycles. The molecule has 0 bridgehead atoms. The van der Waals surface area contributed by atoms with Gasteiger partial charge in [-0.15, -0.1) is 0 Å². The zero-order valence-electron chi connectivity index (χ0n) is 17.1. The van der Waals surface area contributed by atoms with Crippen LogP contribution in [-0.4, -0.2) is 36.9 Å². The lowest BCUT2D eigenvalue weighted by Gasteiger charge is -2.13. The summed E-state index contributed by atoms with van der Waals surface area (Å²) in [7, 11) is 2.95. The van der Waals surface area contributed by atoms with Crippen molar-refractivity contribution in [3.05, 3.63) is 76.1 Å². The van der Waals surface area contributed by atoms with Crippen molar-refractivity contribution in [2.24, 2.45) is 7.05 Å². The van der Waals surface area contributed by atoms with Crippen LogP contribution in [0.4, 0.5) is 4.39 Å². The van der Waals surface area contributed by atoms with Gasteiger partial charge in [0, 0.05) is 18.7 Å². The largest absolute Gasteiger partial charge is 0.480 e. The van der Waals surface area contributed by atoms with Crippen LogP contribution in [0.15, 0.2) is 53.3 Å². The average molecular weight is 422 g/mol. The molecule has 31 heavy (non-hydrogen) atoms. The molecule has 0 saturated carbocycles. The van der Waals surface area contributed by atoms with Crippen molar-refractivity contribution in [1.82, 2.24) is 29.8 Å². The van der Waals surface area contributed by atoms with Gasteiger partial charge in [-0.1, -0.05) is 18.2 Å². The number of pyridine rings is 2. The van der Waals surface area contributed by atoms with Gasteiger partial charge in [-0.3, -0.25) is 0 Å². The summed E-state index contributed by atoms with van der Waals surface area (Å²) >= 11 is 0. The highest BCUT2D eigenvalue weighted by molar-refractivity contribution is 5.65. The lowest BCUT2D eigenvalue weighted by atomic mass is 10.1. The van der Waals surface area contributed by atoms with E-state index in [1.807, 2.05) is 19.1 Å². The molecule has 0 radical (unpaired) electrons. The first-order valence-corrected chi connectivity index (χ1v) is 9.36. The molecule has 4 aromatic rings. The fourth-order valence-electron chi connectivity index (χ4n) is 3.10. The van der Waals surface area contributed by atoms with Crippen molar-refractivity contribution < 1.29 is 13.9 Å². The van der Waals surface area contributed by atoms with E-state index in [0.717, 1.165) is 15.8 Å². The minimum Gasteiger partial charge on any atom is -0.480 e. The van der Waals surface area contributed by atoms with Crippen molar-refractivity contribution in [2.75, 3.05) is 7.11 Å². The molecule has 0 spiro atoms. The van der Waals surface area contributed by atoms with Crippen LogP contribution >= 0.6 is 0 Å². The molecule has 0 aliphatic rings. The zero-order valence-corrected chi connectivity index (χ0v) is 17.1. The number of methoxy groups -OCH3 is 1. The molecule has 0 unspecified atom stereocenters. The van der Waals surface area contributed by atoms with Gasteiger partial charge in [0.25, 0.3) is 0 Å². The summed E-state index contributed by atoms with van der Waals surface area (Å²) in [4.78, 5) is 20.5. The normalized spacial score (nSPS) is 10.8. The van der Waals surface area contributed by atoms with Crippen molar-refractivity contribution >= 4 is 0 Å². The van der Waals surface area contributed by atoms with E-state index in [1.54, 1.807) is 30.3 Å². The van der Waals surface area contributed by atoms with Gasteiger partial charge in [0.1, 0.15) is 6.61 Å². The number of tetrazole rings is 1. The Bertz CT molecular complexity index is 1300. The summed E-state index contributed by atoms with van der Waals surface area (Å²) in [5.74, 6) is -0.156. The minimum absolute atomic E-state index is 0.132. The Kier molecular flexibility index (Phi) is 5.44. The van der Waals surface area contributed by atoms with Crippen LogP contribution in [0.3, 0.4) is 0 Å². The summed E-state index contributed by atoms with van der Waals surface area (Å²) in [6, 6.07) is 13.6. The highest BCUT2D eigenvalue weighted by Gasteiger charge is 2.15. The van der Waals surface area contributed by atoms with Crippen LogP contribution in [0.1, 0.15) is 11.1 Å². The standard InChI is InChI=1S/C21H19FN6O3/c1-13-6-4-8-17(28-21(29)27(2)25-26-28)15(13)12-31-19-9-5-7-16(23-19)14-10-11-18(22)24-20(14)30-3/h4-11H,12H2,1-3H3. The van der Waals surface area contributed by atoms with E-state index >= 15 is 0 Å². The van der Waals surface area contributed by atoms with Crippen molar-refractivity contribution in [3.63, 3.8) is 0 Å². The molecule has 0 aliphatic heterocycles. The number of hydrogen-bond acceptors (Lipinski definition) is 7. The summed E-state index contributed by atoms with van der Waals surface area (Å²) in [6.07, 6.45) is 0. The summed E-state index contributed by atoms with van der Waals surface area (Å²) in [5.41, 5.74) is 2.99. The Morgan fingerprint density at radius 3 is 2.58 bits per heavy atom. The monoisotopic (exact) mass is 422 g/mol. The summed E-state index contributed by atoms with van der Waals surface area (Å²) in [6.45, 7) is 2.07. The number of aryl methyl sites for hydroxylation is 2. The predicted molar refractivity (Wildman–Crippen MR) is 110 cm³/mol. The highest BCUT2D eigenvalue weighted by Crippen LogP contribution is 2.28. The van der Waals surface area contributed by atoms with Crippen LogP contribution in [0.25, 0.3) is 16.9 Å². The molecule has 0 fully saturated rings. The van der Waals surface area contributed by atoms with Gasteiger partial charge in [0.2, 0.25) is 17.7 Å². The molecule has 3 aromatic heterocycles. The summed E-state index contributed by atoms with van der Waals surface area (Å²) in [5, 5.41) is 7.69. The van der Waals surface area contributed by atoms with Crippen LogP contribution in [0.2, 0.25) is 0 Å². The van der Waals surface area contributed by atoms with E-state index in [9.17, 15) is 9.18 Å². The second-order valence-electron chi connectivity index (χ2n) is 6.71. The van der Waals surface area contributed by atoms with Crippen LogP contribution in [-0.2, 0) is 13.7 Å². The smallest absolute Gasteiger partial charge is 0.368 e. The molecular weight excluding hydrogens is 403 g/mol. The third kappa shape index (κ3) is 4.00. The molecule has 1 aromatic carbocycles. The molecule has 0 atom stereocenters. The topological polar surface area (TPSA) is 97.0 Å². The first-order valence-electron chi connectivity index (χ1n) is 9.36. The fourth-order valence-corrected chi connectivity index (χ4v) is 3.10. The van der Waals surface area contributed by atoms with Gasteiger partial charge in [-0.05, 0) is 47.2 Å². The first-order chi connectivity index (χ1) is 15.0. The Morgan fingerprint density at radius 1 is 1.03 bits per heavy atom. The number of rotatable bonds is 6. The number of hydrogen-bond donors (Lipinski definition) is 0. The van der Waals surface area contributed by atoms with Gasteiger partial charge in [-0.25, -0.2) is 9.78 Å². The third-order valence-electron chi connectivity index (χ3n) is 4.72. The van der Waals surface area contributed by atoms with Crippen molar-refractivity contribution in [3.8, 4) is 28.7 Å². The van der Waals surface area contributed by atoms with E-state index < -0.39 is 5.95 Å². The van der Waals surface area contributed by atoms with Crippen LogP contribution in [0, 0.1) is 12.9 Å². The maximum atomic E-state index is 13.4. The molecule has 0 amide bonds. The van der Waals surface area contributed by atoms with Crippen molar-refractivity contribution in [2.45, 2.75) is 13.5 Å². The van der Waals surface area contributed by atoms with E-state index in [2.05, 4.69) is 20.4 Å². The number of ether oxygens (including phenoxy) is 2. The molecule has 0 N–H and O–H groups in total. The Balaban J connectivity index is 1.64. The van der Waals surface area contributed by atoms with E-state index in [0.29, 0.717) is 22.8 Å². The second-order valence-corrected chi connectivity index (χ2v) is 6.71. The van der Waals surface area contributed by atoms with E-state index in [4.69, 9.17) is 9.47 Å². The molecule has 9 nitrogen and oxygen atoms in total. The fraction of sp³-hybridized carbons (Fsp3) is 0.190. The van der Waals surface area contributed by atoms with Gasteiger partial charge < -0.3 is 9.47 Å². The van der Waals surface area contributed by atoms with Crippen LogP contribution in [0.5, 0.6) is 11.8 Å². The molecular formula is C21H19FN6O3. The second kappa shape index (κ2) is 8.34. The van der Waals surface area contributed by atoms with Gasteiger partial charge in [0.05, 0.1) is 24.1 Å². The number of nitrogens with zero attached hydrogens (tertiary/aromatic N) is 6. The highest BCUT2D eigenvalue weighted by atomic mass is 19.1. The number of aromatic nitrogens is 6. The quantitative estimate of drug-likeness (QED) is 0.440. The van der Waals surface area contributed by atoms with E-state index in [-0.39, 0.29) is 18.2 Å². The zero-order chi connectivity index (χ0) is 22.0. The van der Waals surface area contributed by atoms with Crippen molar-refractivity contribution in [1.29, 1.82) is 0 Å². The van der Waals surface area contributed by atoms with Gasteiger partial charge in [0.15, 0.2) is 0 Å². The molecule has 0 saturated heterocycles. The average Bonchev–Trinajstić information content (AvgIpc) is 3.11. The molecule has 158 valence electrons. The molecule has 0 aliphatic carbocycles. The maximum absolute atomic E-state index is 13.4. The molecule has 10 heteroatoms. The lowest BCUT2D eigenvalue weighted by molar-refractivity contribution is 0.293. The van der Waals surface area contributed by atoms with Gasteiger partial charge >= 0.3 is 5.69 Å². The Labute approximate surface area is 176 Å². The number of halogens is 1. The molecule has 4 rings (SSSR count). The predicted octanol–water partition coefficient (Wildman–Crippen LogP) is 2.46. The first kappa shape index (κ1) is 20.2. The Hall–Kier alpha value is -4.08. The minimum atomic E-state index is -0.639.